The second-order valence-electron chi connectivity index (χ2n) is 4.99. The van der Waals surface area contributed by atoms with Gasteiger partial charge in [0.15, 0.2) is 0 Å². The van der Waals surface area contributed by atoms with Crippen LogP contribution in [0.1, 0.15) is 43.6 Å². The molecule has 0 aliphatic rings. The van der Waals surface area contributed by atoms with E-state index in [1.54, 1.807) is 25.1 Å². The molecule has 1 heterocycles. The van der Waals surface area contributed by atoms with E-state index in [0.29, 0.717) is 12.2 Å². The first-order valence-electron chi connectivity index (χ1n) is 6.66. The van der Waals surface area contributed by atoms with Crippen molar-refractivity contribution in [3.63, 3.8) is 0 Å². The number of aliphatic carboxylic acids is 1. The van der Waals surface area contributed by atoms with E-state index in [1.807, 2.05) is 6.92 Å². The molecule has 4 N–H and O–H groups in total. The number of rotatable bonds is 8. The first-order valence-corrected chi connectivity index (χ1v) is 6.66. The molecular formula is C14H21N3O3. The van der Waals surface area contributed by atoms with E-state index < -0.39 is 11.9 Å². The highest BCUT2D eigenvalue weighted by Crippen LogP contribution is 2.13. The van der Waals surface area contributed by atoms with Gasteiger partial charge in [0.05, 0.1) is 5.92 Å². The summed E-state index contributed by atoms with van der Waals surface area (Å²) in [6.45, 7) is 3.70. The molecule has 6 heteroatoms. The molecule has 0 radical (unpaired) electrons. The number of anilines is 1. The average molecular weight is 279 g/mol. The highest BCUT2D eigenvalue weighted by atomic mass is 16.4. The minimum Gasteiger partial charge on any atom is -0.481 e. The maximum Gasteiger partial charge on any atom is 0.306 e. The first-order chi connectivity index (χ1) is 9.40. The van der Waals surface area contributed by atoms with Crippen LogP contribution < -0.4 is 11.1 Å². The van der Waals surface area contributed by atoms with Gasteiger partial charge in [-0.25, -0.2) is 4.98 Å². The molecular weight excluding hydrogens is 258 g/mol. The molecule has 0 bridgehead atoms. The van der Waals surface area contributed by atoms with Gasteiger partial charge in [-0.1, -0.05) is 19.4 Å². The van der Waals surface area contributed by atoms with Crippen LogP contribution in [0.5, 0.6) is 0 Å². The van der Waals surface area contributed by atoms with Crippen molar-refractivity contribution in [2.24, 2.45) is 11.7 Å². The van der Waals surface area contributed by atoms with Crippen molar-refractivity contribution in [3.8, 4) is 0 Å². The van der Waals surface area contributed by atoms with Gasteiger partial charge in [-0.3, -0.25) is 9.59 Å². The van der Waals surface area contributed by atoms with E-state index in [4.69, 9.17) is 10.8 Å². The second kappa shape index (κ2) is 7.47. The zero-order chi connectivity index (χ0) is 15.1. The van der Waals surface area contributed by atoms with Crippen LogP contribution in [-0.4, -0.2) is 28.0 Å². The number of carbonyl (C=O) groups excluding carboxylic acids is 1. The molecule has 0 saturated carbocycles. The number of primary amides is 1. The molecule has 2 unspecified atom stereocenters. The minimum absolute atomic E-state index is 0.145. The van der Waals surface area contributed by atoms with Crippen molar-refractivity contribution < 1.29 is 14.7 Å². The molecule has 1 rings (SSSR count). The van der Waals surface area contributed by atoms with Gasteiger partial charge in [0.25, 0.3) is 5.91 Å². The summed E-state index contributed by atoms with van der Waals surface area (Å²) in [6.07, 6.45) is 2.30. The Labute approximate surface area is 118 Å². The van der Waals surface area contributed by atoms with Crippen molar-refractivity contribution in [3.05, 3.63) is 23.9 Å². The van der Waals surface area contributed by atoms with Gasteiger partial charge in [0, 0.05) is 6.04 Å². The number of amides is 1. The van der Waals surface area contributed by atoms with Gasteiger partial charge in [0.1, 0.15) is 11.5 Å². The average Bonchev–Trinajstić information content (AvgIpc) is 2.38. The van der Waals surface area contributed by atoms with Crippen LogP contribution in [0, 0.1) is 5.92 Å². The minimum atomic E-state index is -0.763. The van der Waals surface area contributed by atoms with E-state index in [2.05, 4.69) is 10.3 Å². The predicted octanol–water partition coefficient (Wildman–Crippen LogP) is 1.87. The lowest BCUT2D eigenvalue weighted by Gasteiger charge is -2.15. The SMILES string of the molecule is CC(CCCC(C)C(=O)O)Nc1cccc(C(N)=O)n1. The fraction of sp³-hybridized carbons (Fsp3) is 0.500. The van der Waals surface area contributed by atoms with Crippen molar-refractivity contribution in [2.45, 2.75) is 39.2 Å². The summed E-state index contributed by atoms with van der Waals surface area (Å²) in [7, 11) is 0. The third kappa shape index (κ3) is 5.26. The Hall–Kier alpha value is -2.11. The van der Waals surface area contributed by atoms with Crippen molar-refractivity contribution >= 4 is 17.7 Å². The van der Waals surface area contributed by atoms with Crippen molar-refractivity contribution in [2.75, 3.05) is 5.32 Å². The maximum atomic E-state index is 11.0. The molecule has 110 valence electrons. The Morgan fingerprint density at radius 2 is 2.05 bits per heavy atom. The number of nitrogens with one attached hydrogen (secondary N) is 1. The molecule has 0 spiro atoms. The summed E-state index contributed by atoms with van der Waals surface area (Å²) in [5.74, 6) is -1.04. The summed E-state index contributed by atoms with van der Waals surface area (Å²) in [4.78, 5) is 25.8. The summed E-state index contributed by atoms with van der Waals surface area (Å²) in [5, 5.41) is 12.0. The van der Waals surface area contributed by atoms with E-state index in [1.165, 1.54) is 0 Å². The maximum absolute atomic E-state index is 11.0. The number of carboxylic acid groups (broad SMARTS) is 1. The van der Waals surface area contributed by atoms with Crippen LogP contribution in [0.25, 0.3) is 0 Å². The van der Waals surface area contributed by atoms with Gasteiger partial charge in [-0.05, 0) is 31.9 Å². The number of nitrogens with zero attached hydrogens (tertiary/aromatic N) is 1. The molecule has 20 heavy (non-hydrogen) atoms. The molecule has 0 fully saturated rings. The number of aromatic nitrogens is 1. The van der Waals surface area contributed by atoms with Crippen molar-refractivity contribution in [1.82, 2.24) is 4.98 Å². The topological polar surface area (TPSA) is 105 Å². The fourth-order valence-electron chi connectivity index (χ4n) is 1.83. The van der Waals surface area contributed by atoms with Crippen LogP contribution in [-0.2, 0) is 4.79 Å². The zero-order valence-electron chi connectivity index (χ0n) is 11.8. The van der Waals surface area contributed by atoms with Crippen LogP contribution in [0.2, 0.25) is 0 Å². The Kier molecular flexibility index (Phi) is 5.96. The van der Waals surface area contributed by atoms with Crippen LogP contribution >= 0.6 is 0 Å². The standard InChI is InChI=1S/C14H21N3O3/c1-9(14(19)20)5-3-6-10(2)16-12-8-4-7-11(17-12)13(15)18/h4,7-10H,3,5-6H2,1-2H3,(H2,15,18)(H,16,17)(H,19,20). The molecule has 0 aliphatic carbocycles. The summed E-state index contributed by atoms with van der Waals surface area (Å²) < 4.78 is 0. The molecule has 0 saturated heterocycles. The number of carboxylic acids is 1. The lowest BCUT2D eigenvalue weighted by Crippen LogP contribution is -2.19. The Morgan fingerprint density at radius 3 is 2.65 bits per heavy atom. The zero-order valence-corrected chi connectivity index (χ0v) is 11.8. The smallest absolute Gasteiger partial charge is 0.306 e. The van der Waals surface area contributed by atoms with Gasteiger partial charge in [0.2, 0.25) is 0 Å². The number of pyridine rings is 1. The third-order valence-electron chi connectivity index (χ3n) is 3.09. The van der Waals surface area contributed by atoms with E-state index in [9.17, 15) is 9.59 Å². The van der Waals surface area contributed by atoms with E-state index in [-0.39, 0.29) is 17.7 Å². The molecule has 0 aliphatic heterocycles. The molecule has 1 aromatic rings. The van der Waals surface area contributed by atoms with Gasteiger partial charge in [-0.15, -0.1) is 0 Å². The van der Waals surface area contributed by atoms with E-state index >= 15 is 0 Å². The summed E-state index contributed by atoms with van der Waals surface area (Å²) in [6, 6.07) is 5.19. The predicted molar refractivity (Wildman–Crippen MR) is 76.5 cm³/mol. The normalized spacial score (nSPS) is 13.5. The Balaban J connectivity index is 2.42. The number of nitrogens with two attached hydrogens (primary N) is 1. The highest BCUT2D eigenvalue weighted by Gasteiger charge is 2.11. The Morgan fingerprint density at radius 1 is 1.35 bits per heavy atom. The Bertz CT molecular complexity index is 476. The second-order valence-corrected chi connectivity index (χ2v) is 4.99. The van der Waals surface area contributed by atoms with Gasteiger partial charge >= 0.3 is 5.97 Å². The highest BCUT2D eigenvalue weighted by molar-refractivity contribution is 5.91. The third-order valence-corrected chi connectivity index (χ3v) is 3.09. The fourth-order valence-corrected chi connectivity index (χ4v) is 1.83. The molecule has 0 aromatic carbocycles. The van der Waals surface area contributed by atoms with E-state index in [0.717, 1.165) is 12.8 Å². The summed E-state index contributed by atoms with van der Waals surface area (Å²) in [5.41, 5.74) is 5.39. The van der Waals surface area contributed by atoms with Crippen LogP contribution in [0.3, 0.4) is 0 Å². The molecule has 6 nitrogen and oxygen atoms in total. The van der Waals surface area contributed by atoms with Crippen LogP contribution in [0.4, 0.5) is 5.82 Å². The van der Waals surface area contributed by atoms with Crippen LogP contribution in [0.15, 0.2) is 18.2 Å². The monoisotopic (exact) mass is 279 g/mol. The molecule has 1 amide bonds. The van der Waals surface area contributed by atoms with Gasteiger partial charge < -0.3 is 16.2 Å². The molecule has 1 aromatic heterocycles. The number of hydrogen-bond donors (Lipinski definition) is 3. The first kappa shape index (κ1) is 15.9. The summed E-state index contributed by atoms with van der Waals surface area (Å²) >= 11 is 0. The quantitative estimate of drug-likeness (QED) is 0.673. The number of carbonyl (C=O) groups is 2. The lowest BCUT2D eigenvalue weighted by atomic mass is 10.0. The van der Waals surface area contributed by atoms with Crippen molar-refractivity contribution in [1.29, 1.82) is 0 Å². The number of hydrogen-bond acceptors (Lipinski definition) is 4. The largest absolute Gasteiger partial charge is 0.481 e. The lowest BCUT2D eigenvalue weighted by molar-refractivity contribution is -0.141. The van der Waals surface area contributed by atoms with Gasteiger partial charge in [-0.2, -0.15) is 0 Å². The molecule has 2 atom stereocenters.